The molecule has 20 heavy (non-hydrogen) atoms. The summed E-state index contributed by atoms with van der Waals surface area (Å²) in [6.07, 6.45) is 3.05. The lowest BCUT2D eigenvalue weighted by atomic mass is 10.1. The van der Waals surface area contributed by atoms with E-state index >= 15 is 0 Å². The number of carbonyl (C=O) groups is 1. The maximum Gasteiger partial charge on any atom is 0.241 e. The van der Waals surface area contributed by atoms with Crippen LogP contribution in [0.2, 0.25) is 0 Å². The highest BCUT2D eigenvalue weighted by Gasteiger charge is 2.13. The third kappa shape index (κ3) is 3.18. The van der Waals surface area contributed by atoms with Gasteiger partial charge in [0, 0.05) is 5.69 Å². The number of carbonyl (C=O) groups excluding carboxylic acids is 1. The summed E-state index contributed by atoms with van der Waals surface area (Å²) in [5.41, 5.74) is 8.29. The minimum atomic E-state index is -0.488. The van der Waals surface area contributed by atoms with Crippen molar-refractivity contribution < 1.29 is 4.79 Å². The monoisotopic (exact) mass is 274 g/mol. The number of nitrogens with zero attached hydrogens (tertiary/aromatic N) is 4. The Hall–Kier alpha value is -2.28. The fourth-order valence-corrected chi connectivity index (χ4v) is 1.88. The number of aryl methyl sites for hydroxylation is 1. The average Bonchev–Trinajstić information content (AvgIpc) is 2.95. The number of nitrogens with one attached hydrogen (secondary N) is 1. The largest absolute Gasteiger partial charge is 0.325 e. The Morgan fingerprint density at radius 3 is 2.95 bits per heavy atom. The van der Waals surface area contributed by atoms with Crippen molar-refractivity contribution in [2.24, 2.45) is 5.73 Å². The van der Waals surface area contributed by atoms with Gasteiger partial charge in [0.1, 0.15) is 6.33 Å². The van der Waals surface area contributed by atoms with Crippen LogP contribution in [0, 0.1) is 6.92 Å². The van der Waals surface area contributed by atoms with Gasteiger partial charge in [-0.15, -0.1) is 5.10 Å². The summed E-state index contributed by atoms with van der Waals surface area (Å²) in [7, 11) is 0. The van der Waals surface area contributed by atoms with Crippen LogP contribution in [0.5, 0.6) is 0 Å². The van der Waals surface area contributed by atoms with Gasteiger partial charge in [-0.05, 0) is 41.5 Å². The summed E-state index contributed by atoms with van der Waals surface area (Å²) in [6.45, 7) is 3.94. The first kappa shape index (κ1) is 14.1. The Labute approximate surface area is 117 Å². The molecule has 0 aliphatic carbocycles. The molecule has 0 unspecified atom stereocenters. The fraction of sp³-hybridized carbons (Fsp3) is 0.385. The third-order valence-electron chi connectivity index (χ3n) is 3.01. The van der Waals surface area contributed by atoms with Crippen LogP contribution in [0.3, 0.4) is 0 Å². The molecule has 1 aromatic carbocycles. The normalized spacial score (nSPS) is 12.2. The van der Waals surface area contributed by atoms with E-state index in [1.807, 2.05) is 32.0 Å². The van der Waals surface area contributed by atoms with E-state index in [0.717, 1.165) is 17.7 Å². The maximum absolute atomic E-state index is 11.9. The van der Waals surface area contributed by atoms with Crippen LogP contribution in [0.1, 0.15) is 25.3 Å². The van der Waals surface area contributed by atoms with Crippen LogP contribution >= 0.6 is 0 Å². The lowest BCUT2D eigenvalue weighted by Gasteiger charge is -2.13. The number of tetrazole rings is 1. The van der Waals surface area contributed by atoms with Gasteiger partial charge < -0.3 is 11.1 Å². The Morgan fingerprint density at radius 2 is 2.30 bits per heavy atom. The van der Waals surface area contributed by atoms with Crippen LogP contribution in [0.25, 0.3) is 5.69 Å². The third-order valence-corrected chi connectivity index (χ3v) is 3.01. The lowest BCUT2D eigenvalue weighted by molar-refractivity contribution is -0.117. The molecule has 0 fully saturated rings. The minimum absolute atomic E-state index is 0.182. The van der Waals surface area contributed by atoms with Crippen LogP contribution in [-0.4, -0.2) is 32.2 Å². The first-order valence-corrected chi connectivity index (χ1v) is 6.52. The molecule has 3 N–H and O–H groups in total. The van der Waals surface area contributed by atoms with E-state index in [9.17, 15) is 4.79 Å². The summed E-state index contributed by atoms with van der Waals surface area (Å²) < 4.78 is 1.55. The molecule has 0 radical (unpaired) electrons. The van der Waals surface area contributed by atoms with E-state index in [0.29, 0.717) is 12.1 Å². The van der Waals surface area contributed by atoms with Gasteiger partial charge >= 0.3 is 0 Å². The quantitative estimate of drug-likeness (QED) is 0.848. The highest BCUT2D eigenvalue weighted by Crippen LogP contribution is 2.18. The second-order valence-corrected chi connectivity index (χ2v) is 4.64. The molecule has 0 saturated carbocycles. The minimum Gasteiger partial charge on any atom is -0.325 e. The lowest BCUT2D eigenvalue weighted by Crippen LogP contribution is -2.35. The number of rotatable bonds is 5. The second kappa shape index (κ2) is 6.25. The predicted molar refractivity (Wildman–Crippen MR) is 75.4 cm³/mol. The van der Waals surface area contributed by atoms with Gasteiger partial charge in [0.25, 0.3) is 0 Å². The number of anilines is 1. The van der Waals surface area contributed by atoms with Gasteiger partial charge in [-0.3, -0.25) is 4.79 Å². The summed E-state index contributed by atoms with van der Waals surface area (Å²) in [5.74, 6) is -0.182. The van der Waals surface area contributed by atoms with Gasteiger partial charge in [0.15, 0.2) is 0 Å². The molecule has 2 aromatic rings. The Kier molecular flexibility index (Phi) is 4.41. The van der Waals surface area contributed by atoms with Crippen LogP contribution in [0.4, 0.5) is 5.69 Å². The molecule has 1 heterocycles. The first-order chi connectivity index (χ1) is 9.61. The van der Waals surface area contributed by atoms with Gasteiger partial charge in [0.05, 0.1) is 11.7 Å². The van der Waals surface area contributed by atoms with E-state index in [2.05, 4.69) is 20.8 Å². The average molecular weight is 274 g/mol. The number of amides is 1. The van der Waals surface area contributed by atoms with Gasteiger partial charge in [-0.1, -0.05) is 19.4 Å². The van der Waals surface area contributed by atoms with Crippen molar-refractivity contribution in [3.05, 3.63) is 30.1 Å². The predicted octanol–water partition coefficient (Wildman–Crippen LogP) is 1.04. The molecule has 2 rings (SSSR count). The zero-order valence-corrected chi connectivity index (χ0v) is 11.6. The van der Waals surface area contributed by atoms with Gasteiger partial charge in [-0.25, -0.2) is 4.68 Å². The number of hydrogen-bond acceptors (Lipinski definition) is 5. The Balaban J connectivity index is 2.18. The summed E-state index contributed by atoms with van der Waals surface area (Å²) in [5, 5.41) is 13.9. The molecular formula is C13H18N6O. The summed E-state index contributed by atoms with van der Waals surface area (Å²) in [4.78, 5) is 11.9. The molecule has 0 spiro atoms. The van der Waals surface area contributed by atoms with Crippen molar-refractivity contribution in [2.75, 3.05) is 5.32 Å². The van der Waals surface area contributed by atoms with Crippen molar-refractivity contribution >= 4 is 11.6 Å². The van der Waals surface area contributed by atoms with Crippen LogP contribution < -0.4 is 11.1 Å². The van der Waals surface area contributed by atoms with E-state index in [1.165, 1.54) is 6.33 Å². The number of aromatic nitrogens is 4. The van der Waals surface area contributed by atoms with E-state index in [-0.39, 0.29) is 5.91 Å². The molecule has 7 heteroatoms. The van der Waals surface area contributed by atoms with Crippen molar-refractivity contribution in [2.45, 2.75) is 32.7 Å². The smallest absolute Gasteiger partial charge is 0.241 e. The molecule has 106 valence electrons. The molecular weight excluding hydrogens is 256 g/mol. The number of nitrogens with two attached hydrogens (primary N) is 1. The van der Waals surface area contributed by atoms with Crippen molar-refractivity contribution in [1.29, 1.82) is 0 Å². The molecule has 0 saturated heterocycles. The Bertz CT molecular complexity index is 581. The molecule has 0 aliphatic heterocycles. The van der Waals surface area contributed by atoms with Crippen LogP contribution in [-0.2, 0) is 4.79 Å². The van der Waals surface area contributed by atoms with E-state index in [4.69, 9.17) is 5.73 Å². The molecule has 1 aromatic heterocycles. The highest BCUT2D eigenvalue weighted by atomic mass is 16.2. The molecule has 1 amide bonds. The van der Waals surface area contributed by atoms with Crippen molar-refractivity contribution in [3.63, 3.8) is 0 Å². The van der Waals surface area contributed by atoms with Gasteiger partial charge in [0.2, 0.25) is 5.91 Å². The first-order valence-electron chi connectivity index (χ1n) is 6.52. The molecule has 0 bridgehead atoms. The number of hydrogen-bond donors (Lipinski definition) is 2. The highest BCUT2D eigenvalue weighted by molar-refractivity contribution is 5.94. The van der Waals surface area contributed by atoms with Crippen molar-refractivity contribution in [3.8, 4) is 5.69 Å². The SMILES string of the molecule is CCC[C@@H](N)C(=O)Nc1ccc(C)c(-n2cnnn2)c1. The molecule has 0 aliphatic rings. The fourth-order valence-electron chi connectivity index (χ4n) is 1.88. The zero-order valence-electron chi connectivity index (χ0n) is 11.6. The van der Waals surface area contributed by atoms with E-state index < -0.39 is 6.04 Å². The van der Waals surface area contributed by atoms with Crippen molar-refractivity contribution in [1.82, 2.24) is 20.2 Å². The topological polar surface area (TPSA) is 98.7 Å². The van der Waals surface area contributed by atoms with Gasteiger partial charge in [-0.2, -0.15) is 0 Å². The second-order valence-electron chi connectivity index (χ2n) is 4.64. The molecule has 1 atom stereocenters. The number of benzene rings is 1. The summed E-state index contributed by atoms with van der Waals surface area (Å²) >= 11 is 0. The maximum atomic E-state index is 11.9. The zero-order chi connectivity index (χ0) is 14.5. The molecule has 7 nitrogen and oxygen atoms in total. The summed E-state index contributed by atoms with van der Waals surface area (Å²) in [6, 6.07) is 5.07. The van der Waals surface area contributed by atoms with E-state index in [1.54, 1.807) is 4.68 Å². The standard InChI is InChI=1S/C13H18N6O/c1-3-4-11(14)13(20)16-10-6-5-9(2)12(7-10)19-8-15-17-18-19/h5-8,11H,3-4,14H2,1-2H3,(H,16,20)/t11-/m1/s1. The Morgan fingerprint density at radius 1 is 1.50 bits per heavy atom. The van der Waals surface area contributed by atoms with Crippen LogP contribution in [0.15, 0.2) is 24.5 Å².